The molecule has 2 amide bonds. The van der Waals surface area contributed by atoms with E-state index < -0.39 is 24.8 Å². The summed E-state index contributed by atoms with van der Waals surface area (Å²) >= 11 is 6.06. The van der Waals surface area contributed by atoms with E-state index >= 15 is 0 Å². The summed E-state index contributed by atoms with van der Waals surface area (Å²) in [5, 5.41) is 5.38. The Morgan fingerprint density at radius 2 is 1.92 bits per heavy atom. The molecule has 0 radical (unpaired) electrons. The normalized spacial score (nSPS) is 19.0. The minimum absolute atomic E-state index is 0.0768. The van der Waals surface area contributed by atoms with Crippen molar-refractivity contribution in [1.29, 1.82) is 0 Å². The van der Waals surface area contributed by atoms with Crippen molar-refractivity contribution in [2.75, 3.05) is 26.7 Å². The van der Waals surface area contributed by atoms with E-state index in [9.17, 15) is 27.6 Å². The van der Waals surface area contributed by atoms with Gasteiger partial charge in [-0.05, 0) is 56.8 Å². The van der Waals surface area contributed by atoms with Crippen molar-refractivity contribution in [1.82, 2.24) is 15.5 Å². The lowest BCUT2D eigenvalue weighted by Crippen LogP contribution is -2.53. The Bertz CT molecular complexity index is 897. The summed E-state index contributed by atoms with van der Waals surface area (Å²) in [6.07, 6.45) is 3.40. The van der Waals surface area contributed by atoms with Crippen LogP contribution in [0.25, 0.3) is 0 Å². The minimum Gasteiger partial charge on any atom is -0.486 e. The highest BCUT2D eigenvalue weighted by molar-refractivity contribution is 6.30. The van der Waals surface area contributed by atoms with Gasteiger partial charge in [-0.15, -0.1) is 0 Å². The van der Waals surface area contributed by atoms with Crippen LogP contribution in [0.3, 0.4) is 0 Å². The van der Waals surface area contributed by atoms with E-state index in [1.807, 2.05) is 5.32 Å². The first-order valence-electron chi connectivity index (χ1n) is 12.5. The van der Waals surface area contributed by atoms with Crippen LogP contribution in [0.4, 0.5) is 13.2 Å². The molecule has 1 saturated carbocycles. The van der Waals surface area contributed by atoms with Crippen LogP contribution in [-0.4, -0.2) is 68.0 Å². The number of carbonyl (C=O) groups excluding carboxylic acids is 3. The van der Waals surface area contributed by atoms with Crippen molar-refractivity contribution in [2.45, 2.75) is 69.8 Å². The Kier molecular flexibility index (Phi) is 12.6. The van der Waals surface area contributed by atoms with E-state index in [2.05, 4.69) is 5.32 Å². The zero-order valence-corrected chi connectivity index (χ0v) is 21.7. The molecule has 0 spiro atoms. The van der Waals surface area contributed by atoms with Gasteiger partial charge in [-0.2, -0.15) is 13.2 Å². The number of aldehydes is 1. The Morgan fingerprint density at radius 3 is 2.51 bits per heavy atom. The first-order chi connectivity index (χ1) is 17.6. The van der Waals surface area contributed by atoms with Gasteiger partial charge in [0.15, 0.2) is 6.29 Å². The fourth-order valence-electron chi connectivity index (χ4n) is 4.64. The maximum absolute atomic E-state index is 13.0. The lowest BCUT2D eigenvalue weighted by molar-refractivity contribution is -0.140. The third-order valence-electron chi connectivity index (χ3n) is 6.44. The highest BCUT2D eigenvalue weighted by Crippen LogP contribution is 2.28. The van der Waals surface area contributed by atoms with Crippen molar-refractivity contribution in [2.24, 2.45) is 11.7 Å². The first kappa shape index (κ1) is 30.9. The second kappa shape index (κ2) is 15.1. The molecule has 1 aromatic rings. The minimum atomic E-state index is -4.06. The lowest BCUT2D eigenvalue weighted by Gasteiger charge is -2.32. The zero-order valence-electron chi connectivity index (χ0n) is 21.0. The van der Waals surface area contributed by atoms with Gasteiger partial charge in [0.1, 0.15) is 18.4 Å². The predicted molar refractivity (Wildman–Crippen MR) is 134 cm³/mol. The van der Waals surface area contributed by atoms with E-state index in [1.165, 1.54) is 13.5 Å². The summed E-state index contributed by atoms with van der Waals surface area (Å²) in [5.41, 5.74) is 6.97. The molecule has 2 atom stereocenters. The maximum atomic E-state index is 13.0. The molecule has 4 N–H and O–H groups in total. The van der Waals surface area contributed by atoms with Crippen molar-refractivity contribution >= 4 is 29.7 Å². The number of amides is 2. The lowest BCUT2D eigenvalue weighted by atomic mass is 9.83. The van der Waals surface area contributed by atoms with E-state index in [1.54, 1.807) is 23.1 Å². The number of halogens is 4. The Labute approximate surface area is 220 Å². The van der Waals surface area contributed by atoms with Gasteiger partial charge in [0.2, 0.25) is 11.8 Å². The van der Waals surface area contributed by atoms with E-state index in [0.29, 0.717) is 35.6 Å². The quantitative estimate of drug-likeness (QED) is 0.408. The van der Waals surface area contributed by atoms with Crippen LogP contribution in [0.1, 0.15) is 50.5 Å². The number of rotatable bonds is 9. The maximum Gasteiger partial charge on any atom is 0.401 e. The SMILES string of the molecule is CNCC(F)(F)F.NC(C(=O)N1CCCC1C(=O)NCc1cc(Cl)ccc1OCC=O)C1CCCCC1. The average molecular weight is 549 g/mol. The fraction of sp³-hybridized carbons (Fsp3) is 0.640. The number of hydrogen-bond donors (Lipinski definition) is 3. The van der Waals surface area contributed by atoms with Crippen molar-refractivity contribution in [3.8, 4) is 5.75 Å². The summed E-state index contributed by atoms with van der Waals surface area (Å²) in [4.78, 5) is 38.1. The van der Waals surface area contributed by atoms with Crippen LogP contribution in [0.15, 0.2) is 18.2 Å². The largest absolute Gasteiger partial charge is 0.486 e. The Hall–Kier alpha value is -2.37. The van der Waals surface area contributed by atoms with Gasteiger partial charge in [-0.1, -0.05) is 30.9 Å². The number of nitrogens with zero attached hydrogens (tertiary/aromatic N) is 1. The monoisotopic (exact) mass is 548 g/mol. The van der Waals surface area contributed by atoms with Gasteiger partial charge in [0, 0.05) is 23.7 Å². The van der Waals surface area contributed by atoms with Crippen LogP contribution < -0.4 is 21.1 Å². The smallest absolute Gasteiger partial charge is 0.401 e. The molecular weight excluding hydrogens is 513 g/mol. The first-order valence-corrected chi connectivity index (χ1v) is 12.8. The summed E-state index contributed by atoms with van der Waals surface area (Å²) in [5.74, 6) is 0.375. The number of benzene rings is 1. The summed E-state index contributed by atoms with van der Waals surface area (Å²) in [7, 11) is 1.26. The number of nitrogens with one attached hydrogen (secondary N) is 2. The van der Waals surface area contributed by atoms with Crippen LogP contribution >= 0.6 is 11.6 Å². The Morgan fingerprint density at radius 1 is 1.22 bits per heavy atom. The van der Waals surface area contributed by atoms with Crippen LogP contribution in [0.5, 0.6) is 5.75 Å². The van der Waals surface area contributed by atoms with Gasteiger partial charge in [-0.25, -0.2) is 0 Å². The summed E-state index contributed by atoms with van der Waals surface area (Å²) in [6, 6.07) is 3.98. The standard InChI is InChI=1S/C22H30ClN3O4.C3H6F3N/c23-17-8-9-19(30-12-11-27)16(13-17)14-25-21(28)18-7-4-10-26(18)22(29)20(24)15-5-2-1-3-6-15;1-7-2-3(4,5)6/h8-9,11,13,15,18,20H,1-7,10,12,14,24H2,(H,25,28);7H,2H2,1H3. The third kappa shape index (κ3) is 10.1. The molecule has 2 unspecified atom stereocenters. The Balaban J connectivity index is 0.000000604. The number of nitrogens with two attached hydrogens (primary N) is 1. The molecule has 1 saturated heterocycles. The molecule has 8 nitrogen and oxygen atoms in total. The van der Waals surface area contributed by atoms with Crippen molar-refractivity contribution in [3.05, 3.63) is 28.8 Å². The number of hydrogen-bond acceptors (Lipinski definition) is 6. The van der Waals surface area contributed by atoms with Gasteiger partial charge in [0.05, 0.1) is 12.6 Å². The molecule has 1 aromatic carbocycles. The zero-order chi connectivity index (χ0) is 27.4. The van der Waals surface area contributed by atoms with E-state index in [4.69, 9.17) is 22.1 Å². The molecule has 0 aromatic heterocycles. The molecule has 1 aliphatic carbocycles. The summed E-state index contributed by atoms with van der Waals surface area (Å²) in [6.45, 7) is -0.234. The van der Waals surface area contributed by atoms with Gasteiger partial charge >= 0.3 is 6.18 Å². The molecule has 208 valence electrons. The number of carbonyl (C=O) groups is 3. The van der Waals surface area contributed by atoms with Crippen LogP contribution in [0, 0.1) is 5.92 Å². The molecule has 12 heteroatoms. The van der Waals surface area contributed by atoms with E-state index in [0.717, 1.165) is 32.1 Å². The molecule has 1 heterocycles. The highest BCUT2D eigenvalue weighted by atomic mass is 35.5. The number of likely N-dealkylation sites (tertiary alicyclic amines) is 1. The molecule has 2 aliphatic rings. The fourth-order valence-corrected chi connectivity index (χ4v) is 4.84. The highest BCUT2D eigenvalue weighted by Gasteiger charge is 2.38. The average Bonchev–Trinajstić information content (AvgIpc) is 3.36. The summed E-state index contributed by atoms with van der Waals surface area (Å²) < 4.78 is 38.4. The predicted octanol–water partition coefficient (Wildman–Crippen LogP) is 3.20. The molecular formula is C25H36ClF3N4O4. The van der Waals surface area contributed by atoms with Crippen molar-refractivity contribution < 1.29 is 32.3 Å². The number of alkyl halides is 3. The van der Waals surface area contributed by atoms with Crippen LogP contribution in [0.2, 0.25) is 5.02 Å². The molecule has 1 aliphatic heterocycles. The topological polar surface area (TPSA) is 114 Å². The molecule has 3 rings (SSSR count). The molecule has 37 heavy (non-hydrogen) atoms. The van der Waals surface area contributed by atoms with Gasteiger partial charge in [-0.3, -0.25) is 14.4 Å². The molecule has 0 bridgehead atoms. The van der Waals surface area contributed by atoms with Gasteiger partial charge in [0.25, 0.3) is 0 Å². The van der Waals surface area contributed by atoms with E-state index in [-0.39, 0.29) is 30.9 Å². The second-order valence-electron chi connectivity index (χ2n) is 9.21. The second-order valence-corrected chi connectivity index (χ2v) is 9.64. The van der Waals surface area contributed by atoms with Gasteiger partial charge < -0.3 is 26.0 Å². The van der Waals surface area contributed by atoms with Crippen molar-refractivity contribution in [3.63, 3.8) is 0 Å². The third-order valence-corrected chi connectivity index (χ3v) is 6.68. The molecule has 2 fully saturated rings. The number of ether oxygens (including phenoxy) is 1. The van der Waals surface area contributed by atoms with Crippen LogP contribution in [-0.2, 0) is 20.9 Å².